The van der Waals surface area contributed by atoms with Gasteiger partial charge in [-0.3, -0.25) is 0 Å². The van der Waals surface area contributed by atoms with Crippen LogP contribution in [0.15, 0.2) is 95.5 Å². The molecule has 1 fully saturated rings. The van der Waals surface area contributed by atoms with Crippen LogP contribution in [0, 0.1) is 0 Å². The summed E-state index contributed by atoms with van der Waals surface area (Å²) in [7, 11) is 1.62. The van der Waals surface area contributed by atoms with Gasteiger partial charge in [-0.25, -0.2) is 4.98 Å². The molecule has 0 aliphatic heterocycles. The predicted octanol–water partition coefficient (Wildman–Crippen LogP) is 8.11. The number of nitrogens with zero attached hydrogens (tertiary/aromatic N) is 8. The summed E-state index contributed by atoms with van der Waals surface area (Å²) in [5, 5.41) is 17.5. The fourth-order valence-corrected chi connectivity index (χ4v) is 6.71. The zero-order valence-electron chi connectivity index (χ0n) is 28.2. The van der Waals surface area contributed by atoms with Crippen LogP contribution in [0.3, 0.4) is 0 Å². The lowest BCUT2D eigenvalue weighted by Crippen LogP contribution is -2.14. The van der Waals surface area contributed by atoms with Crippen LogP contribution in [-0.4, -0.2) is 47.0 Å². The Balaban J connectivity index is 1.02. The molecule has 0 bridgehead atoms. The lowest BCUT2D eigenvalue weighted by Gasteiger charge is -2.25. The molecule has 0 spiro atoms. The van der Waals surface area contributed by atoms with Gasteiger partial charge in [-0.2, -0.15) is 9.78 Å². The van der Waals surface area contributed by atoms with E-state index in [2.05, 4.69) is 86.5 Å². The number of ether oxygens (including phenoxy) is 2. The highest BCUT2D eigenvalue weighted by Crippen LogP contribution is 2.37. The molecule has 0 unspecified atom stereocenters. The summed E-state index contributed by atoms with van der Waals surface area (Å²) < 4.78 is 19.4. The fraction of sp³-hybridized carbons (Fsp3) is 0.282. The number of fused-ring (bicyclic) bond motifs is 1. The minimum absolute atomic E-state index is 0.172. The topological polar surface area (TPSA) is 119 Å². The number of benzene rings is 4. The third-order valence-corrected chi connectivity index (χ3v) is 9.38. The molecule has 11 heteroatoms. The average Bonchev–Trinajstić information content (AvgIpc) is 3.94. The van der Waals surface area contributed by atoms with Crippen LogP contribution >= 0.6 is 0 Å². The first-order valence-electron chi connectivity index (χ1n) is 17.2. The van der Waals surface area contributed by atoms with Crippen molar-refractivity contribution in [2.24, 2.45) is 0 Å². The highest BCUT2D eigenvalue weighted by atomic mass is 16.5. The van der Waals surface area contributed by atoms with Crippen LogP contribution in [0.1, 0.15) is 62.0 Å². The molecule has 1 saturated carbocycles. The molecule has 7 aromatic rings. The Morgan fingerprint density at radius 1 is 0.840 bits per heavy atom. The Hall–Kier alpha value is -5.84. The second-order valence-electron chi connectivity index (χ2n) is 12.6. The van der Waals surface area contributed by atoms with Crippen molar-refractivity contribution in [3.63, 3.8) is 0 Å². The third kappa shape index (κ3) is 6.46. The number of hydrogen-bond acceptors (Lipinski definition) is 9. The number of methoxy groups -OCH3 is 1. The van der Waals surface area contributed by atoms with Crippen molar-refractivity contribution in [2.75, 3.05) is 7.11 Å². The first-order chi connectivity index (χ1) is 24.6. The van der Waals surface area contributed by atoms with Gasteiger partial charge in [-0.05, 0) is 90.2 Å². The van der Waals surface area contributed by atoms with Gasteiger partial charge in [0.15, 0.2) is 6.61 Å². The van der Waals surface area contributed by atoms with Gasteiger partial charge < -0.3 is 18.6 Å². The molecule has 11 nitrogen and oxygen atoms in total. The summed E-state index contributed by atoms with van der Waals surface area (Å²) in [4.78, 5) is 11.3. The summed E-state index contributed by atoms with van der Waals surface area (Å²) >= 11 is 0. The van der Waals surface area contributed by atoms with Crippen molar-refractivity contribution in [2.45, 2.75) is 64.6 Å². The number of imidazole rings is 1. The zero-order valence-corrected chi connectivity index (χ0v) is 28.2. The summed E-state index contributed by atoms with van der Waals surface area (Å²) in [5.74, 6) is 3.74. The maximum Gasteiger partial charge on any atom is 0.261 e. The zero-order chi connectivity index (χ0) is 33.9. The van der Waals surface area contributed by atoms with E-state index in [0.717, 1.165) is 58.4 Å². The van der Waals surface area contributed by atoms with Crippen molar-refractivity contribution in [3.8, 4) is 45.7 Å². The largest absolute Gasteiger partial charge is 0.496 e. The van der Waals surface area contributed by atoms with Crippen molar-refractivity contribution in [1.82, 2.24) is 39.9 Å². The Morgan fingerprint density at radius 2 is 1.62 bits per heavy atom. The minimum Gasteiger partial charge on any atom is -0.496 e. The molecule has 1 aliphatic carbocycles. The standard InChI is InChI=1S/C39H38N8O3/c1-3-26-13-15-27(16-14-26)24-46-43-37(42-45-46)29-19-22-34-33(23-29)40-38(47(34)30-9-5-4-6-10-30)28-17-20-31(21-18-28)49-25-36-41-39(50-44-36)32-11-7-8-12-35(32)48-2/h7-8,11-23,30H,3-6,9-10,24-25H2,1-2H3. The van der Waals surface area contributed by atoms with Crippen LogP contribution in [0.4, 0.5) is 0 Å². The monoisotopic (exact) mass is 666 g/mol. The summed E-state index contributed by atoms with van der Waals surface area (Å²) in [6, 6.07) is 30.8. The lowest BCUT2D eigenvalue weighted by molar-refractivity contribution is 0.287. The Morgan fingerprint density at radius 3 is 2.42 bits per heavy atom. The summed E-state index contributed by atoms with van der Waals surface area (Å²) in [6.07, 6.45) is 7.01. The van der Waals surface area contributed by atoms with Crippen LogP contribution in [0.2, 0.25) is 0 Å². The summed E-state index contributed by atoms with van der Waals surface area (Å²) in [6.45, 7) is 2.90. The molecule has 0 atom stereocenters. The molecule has 4 aromatic carbocycles. The number of aromatic nitrogens is 8. The van der Waals surface area contributed by atoms with E-state index in [-0.39, 0.29) is 6.61 Å². The van der Waals surface area contributed by atoms with Gasteiger partial charge in [-0.1, -0.05) is 67.7 Å². The van der Waals surface area contributed by atoms with Crippen LogP contribution in [0.25, 0.3) is 45.3 Å². The van der Waals surface area contributed by atoms with E-state index in [1.54, 1.807) is 11.9 Å². The maximum absolute atomic E-state index is 6.04. The first kappa shape index (κ1) is 31.4. The highest BCUT2D eigenvalue weighted by molar-refractivity contribution is 5.84. The lowest BCUT2D eigenvalue weighted by atomic mass is 9.95. The smallest absolute Gasteiger partial charge is 0.261 e. The number of rotatable bonds is 11. The minimum atomic E-state index is 0.172. The molecule has 0 saturated heterocycles. The van der Waals surface area contributed by atoms with Gasteiger partial charge in [0.05, 0.1) is 30.3 Å². The predicted molar refractivity (Wildman–Crippen MR) is 190 cm³/mol. The molecule has 50 heavy (non-hydrogen) atoms. The highest BCUT2D eigenvalue weighted by Gasteiger charge is 2.23. The number of tetrazole rings is 1. The van der Waals surface area contributed by atoms with E-state index >= 15 is 0 Å². The van der Waals surface area contributed by atoms with Gasteiger partial charge in [0, 0.05) is 17.2 Å². The molecular formula is C39H38N8O3. The molecule has 3 aromatic heterocycles. The van der Waals surface area contributed by atoms with Gasteiger partial charge in [0.2, 0.25) is 11.6 Å². The molecule has 0 amide bonds. The summed E-state index contributed by atoms with van der Waals surface area (Å²) in [5.41, 5.74) is 7.14. The molecular weight excluding hydrogens is 628 g/mol. The van der Waals surface area contributed by atoms with Gasteiger partial charge in [0.1, 0.15) is 17.3 Å². The Kier molecular flexibility index (Phi) is 8.77. The van der Waals surface area contributed by atoms with Crippen LogP contribution < -0.4 is 9.47 Å². The normalized spacial score (nSPS) is 13.6. The van der Waals surface area contributed by atoms with Crippen molar-refractivity contribution >= 4 is 11.0 Å². The molecule has 1 aliphatic rings. The molecule has 3 heterocycles. The van der Waals surface area contributed by atoms with Crippen molar-refractivity contribution in [3.05, 3.63) is 108 Å². The van der Waals surface area contributed by atoms with E-state index in [4.69, 9.17) is 24.1 Å². The number of hydrogen-bond donors (Lipinski definition) is 0. The van der Waals surface area contributed by atoms with E-state index in [1.165, 1.54) is 24.8 Å². The van der Waals surface area contributed by atoms with E-state index in [9.17, 15) is 0 Å². The Bertz CT molecular complexity index is 2210. The van der Waals surface area contributed by atoms with Gasteiger partial charge >= 0.3 is 0 Å². The Labute approximate surface area is 289 Å². The second kappa shape index (κ2) is 13.9. The van der Waals surface area contributed by atoms with E-state index in [1.807, 2.05) is 36.4 Å². The van der Waals surface area contributed by atoms with E-state index < -0.39 is 0 Å². The van der Waals surface area contributed by atoms with Crippen molar-refractivity contribution < 1.29 is 14.0 Å². The van der Waals surface area contributed by atoms with Crippen molar-refractivity contribution in [1.29, 1.82) is 0 Å². The number of aryl methyl sites for hydroxylation is 1. The molecule has 252 valence electrons. The number of para-hydroxylation sites is 1. The van der Waals surface area contributed by atoms with E-state index in [0.29, 0.717) is 41.6 Å². The quantitative estimate of drug-likeness (QED) is 0.135. The molecule has 0 N–H and O–H groups in total. The third-order valence-electron chi connectivity index (χ3n) is 9.38. The molecule has 8 rings (SSSR count). The van der Waals surface area contributed by atoms with Gasteiger partial charge in [0.25, 0.3) is 5.89 Å². The fourth-order valence-electron chi connectivity index (χ4n) is 6.71. The SMILES string of the molecule is CCc1ccc(Cn2nnc(-c3ccc4c(c3)nc(-c3ccc(OCc5noc(-c6ccccc6OC)n5)cc3)n4C3CCCCC3)n2)cc1. The maximum atomic E-state index is 6.04. The van der Waals surface area contributed by atoms with Gasteiger partial charge in [-0.15, -0.1) is 10.2 Å². The van der Waals surface area contributed by atoms with Crippen LogP contribution in [-0.2, 0) is 19.6 Å². The second-order valence-corrected chi connectivity index (χ2v) is 12.6. The molecule has 0 radical (unpaired) electrons. The average molecular weight is 667 g/mol. The van der Waals surface area contributed by atoms with Crippen LogP contribution in [0.5, 0.6) is 11.5 Å². The first-order valence-corrected chi connectivity index (χ1v) is 17.2.